The van der Waals surface area contributed by atoms with Gasteiger partial charge in [-0.15, -0.1) is 0 Å². The minimum atomic E-state index is -0.148. The van der Waals surface area contributed by atoms with E-state index in [2.05, 4.69) is 41.0 Å². The maximum absolute atomic E-state index is 13.2. The van der Waals surface area contributed by atoms with Crippen molar-refractivity contribution in [3.8, 4) is 0 Å². The van der Waals surface area contributed by atoms with Crippen LogP contribution in [0.4, 0.5) is 4.39 Å². The molecule has 132 valence electrons. The van der Waals surface area contributed by atoms with Gasteiger partial charge in [0.2, 0.25) is 0 Å². The highest BCUT2D eigenvalue weighted by Crippen LogP contribution is 2.42. The highest BCUT2D eigenvalue weighted by atomic mass is 19.1. The molecule has 1 saturated carbocycles. The van der Waals surface area contributed by atoms with Crippen molar-refractivity contribution in [3.63, 3.8) is 0 Å². The third-order valence-corrected chi connectivity index (χ3v) is 5.91. The molecule has 2 unspecified atom stereocenters. The Labute approximate surface area is 149 Å². The fraction of sp³-hybridized carbons (Fsp3) is 0.455. The van der Waals surface area contributed by atoms with Gasteiger partial charge in [0.05, 0.1) is 0 Å². The summed E-state index contributed by atoms with van der Waals surface area (Å²) in [6.45, 7) is 3.21. The molecule has 3 heteroatoms. The summed E-state index contributed by atoms with van der Waals surface area (Å²) in [6, 6.07) is 18.5. The molecule has 2 aromatic carbocycles. The summed E-state index contributed by atoms with van der Waals surface area (Å²) in [5.74, 6) is 0.524. The van der Waals surface area contributed by atoms with E-state index in [1.54, 1.807) is 12.1 Å². The smallest absolute Gasteiger partial charge is 0.123 e. The third kappa shape index (κ3) is 4.10. The Morgan fingerprint density at radius 1 is 1.00 bits per heavy atom. The first-order valence-corrected chi connectivity index (χ1v) is 9.48. The Balaban J connectivity index is 1.39. The van der Waals surface area contributed by atoms with E-state index in [4.69, 9.17) is 0 Å². The Bertz CT molecular complexity index is 677. The second-order valence-corrected chi connectivity index (χ2v) is 7.79. The van der Waals surface area contributed by atoms with Gasteiger partial charge in [0.25, 0.3) is 0 Å². The largest absolute Gasteiger partial charge is 0.317 e. The lowest BCUT2D eigenvalue weighted by atomic mass is 9.74. The summed E-state index contributed by atoms with van der Waals surface area (Å²) < 4.78 is 13.2. The molecule has 1 heterocycles. The Hall–Kier alpha value is -1.71. The standard InChI is InChI=1S/C22H27FN2/c23-19-8-6-17(7-9-19)15-22(10-12-24-13-11-22)16-25-21-14-20(21)18-4-2-1-3-5-18/h1-9,20-21,24-25H,10-16H2. The van der Waals surface area contributed by atoms with Crippen molar-refractivity contribution in [2.75, 3.05) is 19.6 Å². The van der Waals surface area contributed by atoms with Crippen LogP contribution in [0.15, 0.2) is 54.6 Å². The monoisotopic (exact) mass is 338 g/mol. The Kier molecular flexibility index (Phi) is 4.87. The van der Waals surface area contributed by atoms with Crippen molar-refractivity contribution in [1.82, 2.24) is 10.6 Å². The maximum atomic E-state index is 13.2. The topological polar surface area (TPSA) is 24.1 Å². The van der Waals surface area contributed by atoms with Crippen LogP contribution in [-0.2, 0) is 6.42 Å². The predicted octanol–water partition coefficient (Wildman–Crippen LogP) is 3.88. The molecule has 4 rings (SSSR count). The van der Waals surface area contributed by atoms with Gasteiger partial charge < -0.3 is 10.6 Å². The first-order valence-electron chi connectivity index (χ1n) is 9.48. The summed E-state index contributed by atoms with van der Waals surface area (Å²) in [5.41, 5.74) is 2.99. The molecular weight excluding hydrogens is 311 g/mol. The SMILES string of the molecule is Fc1ccc(CC2(CNC3CC3c3ccccc3)CCNCC2)cc1. The molecule has 25 heavy (non-hydrogen) atoms. The molecule has 0 amide bonds. The van der Waals surface area contributed by atoms with Crippen LogP contribution in [0.25, 0.3) is 0 Å². The van der Waals surface area contributed by atoms with Crippen molar-refractivity contribution in [2.45, 2.75) is 37.6 Å². The van der Waals surface area contributed by atoms with Crippen LogP contribution in [0.5, 0.6) is 0 Å². The molecule has 2 N–H and O–H groups in total. The summed E-state index contributed by atoms with van der Waals surface area (Å²) in [7, 11) is 0. The zero-order valence-corrected chi connectivity index (χ0v) is 14.7. The van der Waals surface area contributed by atoms with Crippen LogP contribution in [-0.4, -0.2) is 25.7 Å². The van der Waals surface area contributed by atoms with Gasteiger partial charge in [-0.1, -0.05) is 42.5 Å². The summed E-state index contributed by atoms with van der Waals surface area (Å²) in [4.78, 5) is 0. The summed E-state index contributed by atoms with van der Waals surface area (Å²) in [5, 5.41) is 7.33. The summed E-state index contributed by atoms with van der Waals surface area (Å²) in [6.07, 6.45) is 4.64. The van der Waals surface area contributed by atoms with Crippen molar-refractivity contribution in [2.24, 2.45) is 5.41 Å². The molecule has 0 spiro atoms. The maximum Gasteiger partial charge on any atom is 0.123 e. The molecule has 1 aliphatic heterocycles. The average molecular weight is 338 g/mol. The van der Waals surface area contributed by atoms with E-state index in [1.165, 1.54) is 30.4 Å². The van der Waals surface area contributed by atoms with Gasteiger partial charge in [-0.3, -0.25) is 0 Å². The van der Waals surface area contributed by atoms with Crippen LogP contribution >= 0.6 is 0 Å². The van der Waals surface area contributed by atoms with E-state index in [1.807, 2.05) is 12.1 Å². The molecule has 2 aromatic rings. The summed E-state index contributed by atoms with van der Waals surface area (Å²) >= 11 is 0. The van der Waals surface area contributed by atoms with Gasteiger partial charge in [0.15, 0.2) is 0 Å². The predicted molar refractivity (Wildman–Crippen MR) is 100 cm³/mol. The van der Waals surface area contributed by atoms with Crippen LogP contribution in [0.2, 0.25) is 0 Å². The van der Waals surface area contributed by atoms with E-state index in [-0.39, 0.29) is 11.2 Å². The molecule has 0 bridgehead atoms. The zero-order chi connectivity index (χ0) is 17.1. The van der Waals surface area contributed by atoms with Crippen molar-refractivity contribution < 1.29 is 4.39 Å². The van der Waals surface area contributed by atoms with E-state index in [9.17, 15) is 4.39 Å². The number of nitrogens with one attached hydrogen (secondary N) is 2. The molecule has 0 radical (unpaired) electrons. The van der Waals surface area contributed by atoms with Crippen molar-refractivity contribution in [1.29, 1.82) is 0 Å². The molecule has 0 aromatic heterocycles. The number of rotatable bonds is 6. The number of piperidine rings is 1. The van der Waals surface area contributed by atoms with E-state index in [0.29, 0.717) is 12.0 Å². The Morgan fingerprint density at radius 2 is 1.72 bits per heavy atom. The van der Waals surface area contributed by atoms with Crippen LogP contribution < -0.4 is 10.6 Å². The molecule has 2 fully saturated rings. The lowest BCUT2D eigenvalue weighted by Gasteiger charge is -2.38. The van der Waals surface area contributed by atoms with Crippen molar-refractivity contribution >= 4 is 0 Å². The van der Waals surface area contributed by atoms with E-state index < -0.39 is 0 Å². The van der Waals surface area contributed by atoms with E-state index in [0.717, 1.165) is 26.1 Å². The lowest BCUT2D eigenvalue weighted by molar-refractivity contribution is 0.191. The highest BCUT2D eigenvalue weighted by Gasteiger charge is 2.40. The van der Waals surface area contributed by atoms with Crippen LogP contribution in [0, 0.1) is 11.2 Å². The lowest BCUT2D eigenvalue weighted by Crippen LogP contribution is -2.45. The first kappa shape index (κ1) is 16.7. The highest BCUT2D eigenvalue weighted by molar-refractivity contribution is 5.27. The number of hydrogen-bond donors (Lipinski definition) is 2. The normalized spacial score (nSPS) is 24.8. The van der Waals surface area contributed by atoms with Gasteiger partial charge in [0, 0.05) is 18.5 Å². The number of hydrogen-bond acceptors (Lipinski definition) is 2. The second kappa shape index (κ2) is 7.27. The minimum Gasteiger partial charge on any atom is -0.317 e. The quantitative estimate of drug-likeness (QED) is 0.835. The zero-order valence-electron chi connectivity index (χ0n) is 14.7. The van der Waals surface area contributed by atoms with Gasteiger partial charge >= 0.3 is 0 Å². The average Bonchev–Trinajstić information content (AvgIpc) is 3.44. The first-order chi connectivity index (χ1) is 12.2. The fourth-order valence-electron chi connectivity index (χ4n) is 4.25. The molecular formula is C22H27FN2. The van der Waals surface area contributed by atoms with Gasteiger partial charge in [-0.2, -0.15) is 0 Å². The third-order valence-electron chi connectivity index (χ3n) is 5.91. The second-order valence-electron chi connectivity index (χ2n) is 7.79. The molecule has 2 atom stereocenters. The molecule has 1 saturated heterocycles. The van der Waals surface area contributed by atoms with Gasteiger partial charge in [-0.05, 0) is 67.4 Å². The Morgan fingerprint density at radius 3 is 2.44 bits per heavy atom. The van der Waals surface area contributed by atoms with Crippen LogP contribution in [0.1, 0.15) is 36.3 Å². The fourth-order valence-corrected chi connectivity index (χ4v) is 4.25. The van der Waals surface area contributed by atoms with Gasteiger partial charge in [-0.25, -0.2) is 4.39 Å². The van der Waals surface area contributed by atoms with Crippen molar-refractivity contribution in [3.05, 3.63) is 71.5 Å². The van der Waals surface area contributed by atoms with Gasteiger partial charge in [0.1, 0.15) is 5.82 Å². The van der Waals surface area contributed by atoms with E-state index >= 15 is 0 Å². The molecule has 1 aliphatic carbocycles. The van der Waals surface area contributed by atoms with Crippen LogP contribution in [0.3, 0.4) is 0 Å². The molecule has 2 aliphatic rings. The number of halogens is 1. The molecule has 2 nitrogen and oxygen atoms in total. The number of benzene rings is 2. The minimum absolute atomic E-state index is 0.148.